The van der Waals surface area contributed by atoms with Gasteiger partial charge in [0.05, 0.1) is 11.7 Å². The smallest absolute Gasteiger partial charge is 0.0771 e. The summed E-state index contributed by atoms with van der Waals surface area (Å²) in [7, 11) is 0. The fraction of sp³-hybridized carbons (Fsp3) is 1.00. The van der Waals surface area contributed by atoms with Crippen molar-refractivity contribution in [3.05, 3.63) is 0 Å². The highest BCUT2D eigenvalue weighted by Crippen LogP contribution is 2.28. The first-order chi connectivity index (χ1) is 8.23. The SMILES string of the molecule is CCC1OCCC1CNCC1(O)CCCCC1. The maximum Gasteiger partial charge on any atom is 0.0771 e. The summed E-state index contributed by atoms with van der Waals surface area (Å²) in [4.78, 5) is 0. The molecule has 1 aliphatic carbocycles. The number of nitrogens with one attached hydrogen (secondary N) is 1. The standard InChI is InChI=1S/C14H27NO2/c1-2-13-12(6-9-17-13)10-15-11-14(16)7-4-3-5-8-14/h12-13,15-16H,2-11H2,1H3. The number of aliphatic hydroxyl groups is 1. The van der Waals surface area contributed by atoms with Crippen LogP contribution >= 0.6 is 0 Å². The van der Waals surface area contributed by atoms with E-state index in [1.807, 2.05) is 0 Å². The fourth-order valence-corrected chi connectivity index (χ4v) is 3.25. The molecule has 2 unspecified atom stereocenters. The monoisotopic (exact) mass is 241 g/mol. The molecule has 0 aromatic heterocycles. The molecule has 2 rings (SSSR count). The molecule has 0 amide bonds. The van der Waals surface area contributed by atoms with Crippen LogP contribution in [0.2, 0.25) is 0 Å². The van der Waals surface area contributed by atoms with Crippen LogP contribution in [0.5, 0.6) is 0 Å². The summed E-state index contributed by atoms with van der Waals surface area (Å²) >= 11 is 0. The Hall–Kier alpha value is -0.120. The van der Waals surface area contributed by atoms with Crippen LogP contribution in [0, 0.1) is 5.92 Å². The van der Waals surface area contributed by atoms with Crippen LogP contribution in [0.4, 0.5) is 0 Å². The van der Waals surface area contributed by atoms with Gasteiger partial charge in [0.1, 0.15) is 0 Å². The van der Waals surface area contributed by atoms with Gasteiger partial charge in [-0.05, 0) is 31.6 Å². The van der Waals surface area contributed by atoms with Crippen molar-refractivity contribution in [1.29, 1.82) is 0 Å². The molecule has 2 fully saturated rings. The van der Waals surface area contributed by atoms with Gasteiger partial charge >= 0.3 is 0 Å². The van der Waals surface area contributed by atoms with Crippen molar-refractivity contribution in [1.82, 2.24) is 5.32 Å². The van der Waals surface area contributed by atoms with Gasteiger partial charge in [0, 0.05) is 19.7 Å². The summed E-state index contributed by atoms with van der Waals surface area (Å²) in [6.07, 6.45) is 8.31. The van der Waals surface area contributed by atoms with Gasteiger partial charge in [0.15, 0.2) is 0 Å². The van der Waals surface area contributed by atoms with Gasteiger partial charge in [-0.15, -0.1) is 0 Å². The molecule has 1 aliphatic heterocycles. The molecule has 2 aliphatic rings. The summed E-state index contributed by atoms with van der Waals surface area (Å²) in [6, 6.07) is 0. The van der Waals surface area contributed by atoms with Crippen molar-refractivity contribution < 1.29 is 9.84 Å². The van der Waals surface area contributed by atoms with Crippen molar-refractivity contribution in [2.75, 3.05) is 19.7 Å². The fourth-order valence-electron chi connectivity index (χ4n) is 3.25. The minimum atomic E-state index is -0.431. The summed E-state index contributed by atoms with van der Waals surface area (Å²) in [5.41, 5.74) is -0.431. The average molecular weight is 241 g/mol. The summed E-state index contributed by atoms with van der Waals surface area (Å²) in [5.74, 6) is 0.646. The highest BCUT2D eigenvalue weighted by Gasteiger charge is 2.30. The second-order valence-electron chi connectivity index (χ2n) is 5.78. The zero-order valence-corrected chi connectivity index (χ0v) is 11.1. The molecule has 17 heavy (non-hydrogen) atoms. The normalized spacial score (nSPS) is 32.8. The Morgan fingerprint density at radius 3 is 2.76 bits per heavy atom. The van der Waals surface area contributed by atoms with E-state index in [0.29, 0.717) is 12.0 Å². The number of hydrogen-bond acceptors (Lipinski definition) is 3. The Balaban J connectivity index is 1.68. The lowest BCUT2D eigenvalue weighted by atomic mass is 9.85. The molecule has 0 radical (unpaired) electrons. The predicted molar refractivity (Wildman–Crippen MR) is 69.0 cm³/mol. The van der Waals surface area contributed by atoms with E-state index < -0.39 is 5.60 Å². The van der Waals surface area contributed by atoms with Gasteiger partial charge in [-0.1, -0.05) is 26.2 Å². The minimum absolute atomic E-state index is 0.431. The zero-order valence-electron chi connectivity index (χ0n) is 11.1. The second-order valence-corrected chi connectivity index (χ2v) is 5.78. The van der Waals surface area contributed by atoms with E-state index in [-0.39, 0.29) is 0 Å². The Kier molecular flexibility index (Phi) is 4.83. The van der Waals surface area contributed by atoms with Crippen molar-refractivity contribution in [3.63, 3.8) is 0 Å². The van der Waals surface area contributed by atoms with Crippen LogP contribution in [0.1, 0.15) is 51.9 Å². The molecule has 1 saturated carbocycles. The van der Waals surface area contributed by atoms with Crippen LogP contribution in [0.25, 0.3) is 0 Å². The highest BCUT2D eigenvalue weighted by atomic mass is 16.5. The molecule has 0 aromatic carbocycles. The van der Waals surface area contributed by atoms with Gasteiger partial charge < -0.3 is 15.2 Å². The molecule has 2 N–H and O–H groups in total. The number of hydrogen-bond donors (Lipinski definition) is 2. The summed E-state index contributed by atoms with van der Waals surface area (Å²) < 4.78 is 5.68. The lowest BCUT2D eigenvalue weighted by molar-refractivity contribution is 0.00323. The quantitative estimate of drug-likeness (QED) is 0.774. The van der Waals surface area contributed by atoms with Crippen LogP contribution in [-0.2, 0) is 4.74 Å². The molecule has 3 nitrogen and oxygen atoms in total. The van der Waals surface area contributed by atoms with Crippen molar-refractivity contribution in [3.8, 4) is 0 Å². The van der Waals surface area contributed by atoms with E-state index in [2.05, 4.69) is 12.2 Å². The molecule has 1 saturated heterocycles. The molecular formula is C14H27NO2. The zero-order chi connectivity index (χ0) is 12.1. The van der Waals surface area contributed by atoms with Crippen molar-refractivity contribution in [2.45, 2.75) is 63.6 Å². The summed E-state index contributed by atoms with van der Waals surface area (Å²) in [5, 5.41) is 13.8. The van der Waals surface area contributed by atoms with Gasteiger partial charge in [-0.3, -0.25) is 0 Å². The van der Waals surface area contributed by atoms with Crippen LogP contribution in [0.15, 0.2) is 0 Å². The van der Waals surface area contributed by atoms with Gasteiger partial charge in [-0.2, -0.15) is 0 Å². The van der Waals surface area contributed by atoms with Crippen LogP contribution < -0.4 is 5.32 Å². The molecule has 0 spiro atoms. The van der Waals surface area contributed by atoms with E-state index in [4.69, 9.17) is 4.74 Å². The van der Waals surface area contributed by atoms with Gasteiger partial charge in [0.2, 0.25) is 0 Å². The molecule has 3 heteroatoms. The first-order valence-corrected chi connectivity index (χ1v) is 7.28. The van der Waals surface area contributed by atoms with Crippen molar-refractivity contribution in [2.24, 2.45) is 5.92 Å². The van der Waals surface area contributed by atoms with Crippen LogP contribution in [0.3, 0.4) is 0 Å². The first-order valence-electron chi connectivity index (χ1n) is 7.28. The topological polar surface area (TPSA) is 41.5 Å². The Labute approximate surface area is 105 Å². The Morgan fingerprint density at radius 2 is 2.06 bits per heavy atom. The third kappa shape index (κ3) is 3.67. The largest absolute Gasteiger partial charge is 0.389 e. The Bertz CT molecular complexity index is 226. The summed E-state index contributed by atoms with van der Waals surface area (Å²) in [6.45, 7) is 4.87. The molecular weight excluding hydrogens is 214 g/mol. The lowest BCUT2D eigenvalue weighted by Crippen LogP contribution is -2.44. The number of ether oxygens (including phenoxy) is 1. The van der Waals surface area contributed by atoms with Crippen LogP contribution in [-0.4, -0.2) is 36.5 Å². The third-order valence-corrected chi connectivity index (χ3v) is 4.39. The molecule has 0 bridgehead atoms. The third-order valence-electron chi connectivity index (χ3n) is 4.39. The lowest BCUT2D eigenvalue weighted by Gasteiger charge is -2.32. The first kappa shape index (κ1) is 13.3. The van der Waals surface area contributed by atoms with E-state index in [1.165, 1.54) is 25.7 Å². The van der Waals surface area contributed by atoms with E-state index in [1.54, 1.807) is 0 Å². The maximum absolute atomic E-state index is 10.4. The van der Waals surface area contributed by atoms with Gasteiger partial charge in [0.25, 0.3) is 0 Å². The molecule has 1 heterocycles. The van der Waals surface area contributed by atoms with E-state index in [9.17, 15) is 5.11 Å². The minimum Gasteiger partial charge on any atom is -0.389 e. The highest BCUT2D eigenvalue weighted by molar-refractivity contribution is 4.85. The Morgan fingerprint density at radius 1 is 1.29 bits per heavy atom. The molecule has 100 valence electrons. The number of rotatable bonds is 5. The average Bonchev–Trinajstić information content (AvgIpc) is 2.77. The molecule has 0 aromatic rings. The molecule has 2 atom stereocenters. The van der Waals surface area contributed by atoms with Gasteiger partial charge in [-0.25, -0.2) is 0 Å². The second kappa shape index (κ2) is 6.17. The van der Waals surface area contributed by atoms with E-state index in [0.717, 1.165) is 39.0 Å². The van der Waals surface area contributed by atoms with Crippen molar-refractivity contribution >= 4 is 0 Å². The maximum atomic E-state index is 10.4. The van der Waals surface area contributed by atoms with E-state index >= 15 is 0 Å². The predicted octanol–water partition coefficient (Wildman–Crippen LogP) is 2.09.